The monoisotopic (exact) mass is 438 g/mol. The average Bonchev–Trinajstić information content (AvgIpc) is 3.29. The van der Waals surface area contributed by atoms with E-state index in [0.29, 0.717) is 18.4 Å². The van der Waals surface area contributed by atoms with Crippen molar-refractivity contribution in [3.05, 3.63) is 23.5 Å². The van der Waals surface area contributed by atoms with Crippen LogP contribution in [0.4, 0.5) is 16.8 Å². The third-order valence-electron chi connectivity index (χ3n) is 6.96. The Balaban J connectivity index is 1.32. The van der Waals surface area contributed by atoms with E-state index in [1.807, 2.05) is 19.2 Å². The van der Waals surface area contributed by atoms with E-state index in [-0.39, 0.29) is 5.54 Å². The maximum Gasteiger partial charge on any atom is 0.229 e. The second-order valence-corrected chi connectivity index (χ2v) is 10.0. The van der Waals surface area contributed by atoms with Crippen LogP contribution in [0.3, 0.4) is 0 Å². The van der Waals surface area contributed by atoms with Crippen molar-refractivity contribution in [3.63, 3.8) is 0 Å². The summed E-state index contributed by atoms with van der Waals surface area (Å²) < 4.78 is 4.31. The third-order valence-corrected chi connectivity index (χ3v) is 7.76. The number of hydrogen-bond acceptors (Lipinski definition) is 9. The topological polar surface area (TPSA) is 84.2 Å². The van der Waals surface area contributed by atoms with Crippen LogP contribution in [0.2, 0.25) is 0 Å². The van der Waals surface area contributed by atoms with Crippen molar-refractivity contribution in [2.24, 2.45) is 0 Å². The molecule has 2 aromatic rings. The predicted octanol–water partition coefficient (Wildman–Crippen LogP) is 2.94. The van der Waals surface area contributed by atoms with Crippen LogP contribution in [-0.2, 0) is 0 Å². The maximum atomic E-state index is 9.63. The molecule has 0 bridgehead atoms. The molecular weight excluding hydrogens is 408 g/mol. The third kappa shape index (κ3) is 4.00. The van der Waals surface area contributed by atoms with Gasteiger partial charge in [-0.05, 0) is 63.8 Å². The van der Waals surface area contributed by atoms with Crippen LogP contribution in [0.1, 0.15) is 36.9 Å². The zero-order chi connectivity index (χ0) is 21.4. The van der Waals surface area contributed by atoms with Gasteiger partial charge < -0.3 is 10.2 Å². The van der Waals surface area contributed by atoms with E-state index in [0.717, 1.165) is 48.3 Å². The Bertz CT molecular complexity index is 976. The summed E-state index contributed by atoms with van der Waals surface area (Å²) in [5.74, 6) is 1.56. The summed E-state index contributed by atoms with van der Waals surface area (Å²) in [5, 5.41) is 13.9. The Morgan fingerprint density at radius 3 is 2.87 bits per heavy atom. The fourth-order valence-electron chi connectivity index (χ4n) is 5.37. The summed E-state index contributed by atoms with van der Waals surface area (Å²) in [4.78, 5) is 16.9. The molecule has 0 aromatic carbocycles. The van der Waals surface area contributed by atoms with E-state index in [1.54, 1.807) is 0 Å². The first-order chi connectivity index (χ1) is 15.1. The van der Waals surface area contributed by atoms with Crippen molar-refractivity contribution >= 4 is 28.3 Å². The van der Waals surface area contributed by atoms with Gasteiger partial charge in [-0.2, -0.15) is 14.6 Å². The van der Waals surface area contributed by atoms with E-state index < -0.39 is 0 Å². The second kappa shape index (κ2) is 8.34. The van der Waals surface area contributed by atoms with E-state index >= 15 is 0 Å². The molecule has 0 radical (unpaired) electrons. The van der Waals surface area contributed by atoms with Crippen molar-refractivity contribution < 1.29 is 0 Å². The van der Waals surface area contributed by atoms with Crippen LogP contribution in [0.15, 0.2) is 12.3 Å². The first-order valence-electron chi connectivity index (χ1n) is 11.2. The van der Waals surface area contributed by atoms with Gasteiger partial charge in [0.2, 0.25) is 5.95 Å². The molecule has 1 atom stereocenters. The van der Waals surface area contributed by atoms with E-state index in [9.17, 15) is 5.26 Å². The summed E-state index contributed by atoms with van der Waals surface area (Å²) >= 11 is 1.42. The summed E-state index contributed by atoms with van der Waals surface area (Å²) in [5.41, 5.74) is 1.99. The molecule has 0 unspecified atom stereocenters. The van der Waals surface area contributed by atoms with Crippen LogP contribution >= 0.6 is 11.5 Å². The fraction of sp³-hybridized carbons (Fsp3) is 0.636. The van der Waals surface area contributed by atoms with Gasteiger partial charge in [-0.25, -0.2) is 4.98 Å². The fourth-order valence-corrected chi connectivity index (χ4v) is 6.02. The first kappa shape index (κ1) is 20.6. The Labute approximate surface area is 188 Å². The lowest BCUT2D eigenvalue weighted by atomic mass is 9.83. The van der Waals surface area contributed by atoms with Crippen LogP contribution in [0.5, 0.6) is 0 Å². The number of hydrogen-bond donors (Lipinski definition) is 1. The highest BCUT2D eigenvalue weighted by molar-refractivity contribution is 7.10. The second-order valence-electron chi connectivity index (χ2n) is 9.20. The zero-order valence-electron chi connectivity index (χ0n) is 18.3. The summed E-state index contributed by atoms with van der Waals surface area (Å²) in [7, 11) is 0. The van der Waals surface area contributed by atoms with E-state index in [4.69, 9.17) is 4.98 Å². The highest BCUT2D eigenvalue weighted by atomic mass is 32.1. The molecule has 2 aromatic heterocycles. The molecule has 0 amide bonds. The number of nitriles is 1. The number of aromatic nitrogens is 3. The molecule has 0 spiro atoms. The lowest BCUT2D eigenvalue weighted by molar-refractivity contribution is 0.0546. The molecule has 0 aliphatic carbocycles. The lowest BCUT2D eigenvalue weighted by Gasteiger charge is -2.56. The molecule has 164 valence electrons. The maximum absolute atomic E-state index is 9.63. The highest BCUT2D eigenvalue weighted by Crippen LogP contribution is 2.38. The van der Waals surface area contributed by atoms with Gasteiger partial charge in [-0.1, -0.05) is 0 Å². The van der Waals surface area contributed by atoms with E-state index in [1.165, 1.54) is 43.9 Å². The molecule has 1 N–H and O–H groups in total. The Hall–Kier alpha value is -2.28. The van der Waals surface area contributed by atoms with Crippen molar-refractivity contribution in [2.45, 2.75) is 51.1 Å². The standard InChI is InChI=1S/C22H30N8S/c1-16-12-24-21(25-19-11-17(2)27-31-19)26-20(16)29-14-22(15-29,6-7-23)30-10-4-9-28-8-3-5-18(28)13-30/h11-12,18H,3-6,8-10,13-15H2,1-2H3,(H,24,25,26)/t18-/m0/s1. The van der Waals surface area contributed by atoms with Crippen LogP contribution in [-0.4, -0.2) is 75.0 Å². The summed E-state index contributed by atoms with van der Waals surface area (Å²) in [6.07, 6.45) is 6.25. The smallest absolute Gasteiger partial charge is 0.229 e. The molecule has 3 aliphatic heterocycles. The SMILES string of the molecule is Cc1cc(Nc2ncc(C)c(N3CC(CC#N)(N4CCCN5CCC[C@H]5C4)C3)n2)sn1. The number of rotatable bonds is 5. The number of nitrogens with one attached hydrogen (secondary N) is 1. The molecule has 5 heterocycles. The first-order valence-corrected chi connectivity index (χ1v) is 12.0. The van der Waals surface area contributed by atoms with Crippen molar-refractivity contribution in [1.29, 1.82) is 5.26 Å². The molecule has 3 fully saturated rings. The van der Waals surface area contributed by atoms with Crippen molar-refractivity contribution in [2.75, 3.05) is 49.5 Å². The van der Waals surface area contributed by atoms with E-state index in [2.05, 4.69) is 42.4 Å². The summed E-state index contributed by atoms with van der Waals surface area (Å²) in [6, 6.07) is 5.15. The van der Waals surface area contributed by atoms with Gasteiger partial charge in [0.25, 0.3) is 0 Å². The number of anilines is 3. The molecule has 3 saturated heterocycles. The highest BCUT2D eigenvalue weighted by Gasteiger charge is 2.49. The van der Waals surface area contributed by atoms with Gasteiger partial charge in [-0.3, -0.25) is 9.80 Å². The van der Waals surface area contributed by atoms with Gasteiger partial charge in [0.05, 0.1) is 23.7 Å². The molecule has 5 rings (SSSR count). The predicted molar refractivity (Wildman–Crippen MR) is 123 cm³/mol. The minimum Gasteiger partial charge on any atom is -0.352 e. The quantitative estimate of drug-likeness (QED) is 0.763. The largest absolute Gasteiger partial charge is 0.352 e. The van der Waals surface area contributed by atoms with Gasteiger partial charge in [0.1, 0.15) is 10.8 Å². The summed E-state index contributed by atoms with van der Waals surface area (Å²) in [6.45, 7) is 10.4. The Morgan fingerprint density at radius 2 is 2.10 bits per heavy atom. The van der Waals surface area contributed by atoms with Crippen molar-refractivity contribution in [1.82, 2.24) is 24.1 Å². The van der Waals surface area contributed by atoms with Crippen LogP contribution in [0.25, 0.3) is 0 Å². The van der Waals surface area contributed by atoms with Crippen LogP contribution in [0, 0.1) is 25.2 Å². The molecule has 31 heavy (non-hydrogen) atoms. The molecular formula is C22H30N8S. The van der Waals surface area contributed by atoms with Gasteiger partial charge in [-0.15, -0.1) is 0 Å². The van der Waals surface area contributed by atoms with Crippen LogP contribution < -0.4 is 10.2 Å². The number of fused-ring (bicyclic) bond motifs is 1. The Morgan fingerprint density at radius 1 is 1.26 bits per heavy atom. The minimum absolute atomic E-state index is 0.0624. The Kier molecular flexibility index (Phi) is 5.54. The van der Waals surface area contributed by atoms with Crippen molar-refractivity contribution in [3.8, 4) is 6.07 Å². The zero-order valence-corrected chi connectivity index (χ0v) is 19.2. The molecule has 0 saturated carbocycles. The molecule has 9 heteroatoms. The lowest BCUT2D eigenvalue weighted by Crippen LogP contribution is -2.71. The molecule has 8 nitrogen and oxygen atoms in total. The number of aryl methyl sites for hydroxylation is 2. The normalized spacial score (nSPS) is 23.6. The average molecular weight is 439 g/mol. The van der Waals surface area contributed by atoms with Gasteiger partial charge >= 0.3 is 0 Å². The minimum atomic E-state index is -0.0624. The number of nitrogens with zero attached hydrogens (tertiary/aromatic N) is 7. The van der Waals surface area contributed by atoms with Gasteiger partial charge in [0, 0.05) is 44.0 Å². The molecule has 3 aliphatic rings. The van der Waals surface area contributed by atoms with Gasteiger partial charge in [0.15, 0.2) is 0 Å².